The van der Waals surface area contributed by atoms with Crippen LogP contribution in [0.15, 0.2) is 53.5 Å². The molecule has 1 aliphatic rings. The van der Waals surface area contributed by atoms with E-state index in [4.69, 9.17) is 4.74 Å². The van der Waals surface area contributed by atoms with Crippen LogP contribution in [0.1, 0.15) is 40.5 Å². The first-order valence-corrected chi connectivity index (χ1v) is 9.02. The fourth-order valence-corrected chi connectivity index (χ4v) is 3.78. The molecule has 1 aliphatic heterocycles. The minimum atomic E-state index is -0.320. The van der Waals surface area contributed by atoms with E-state index < -0.39 is 0 Å². The maximum absolute atomic E-state index is 13.2. The standard InChI is InChI=1S/C21H21N3O3/c1-14-6-3-10-19-22-13-17(21(26)24(14)19)20(25)23-11-5-9-18(23)15-7-4-8-16(12-15)27-2/h3-4,6-8,10,12-13,18H,5,9,11H2,1-2H3. The van der Waals surface area contributed by atoms with Gasteiger partial charge < -0.3 is 9.64 Å². The molecule has 1 unspecified atom stereocenters. The number of ether oxygens (including phenoxy) is 1. The van der Waals surface area contributed by atoms with Gasteiger partial charge in [-0.2, -0.15) is 0 Å². The highest BCUT2D eigenvalue weighted by Crippen LogP contribution is 2.34. The average Bonchev–Trinajstić information content (AvgIpc) is 3.18. The molecule has 1 fully saturated rings. The van der Waals surface area contributed by atoms with Gasteiger partial charge in [-0.1, -0.05) is 18.2 Å². The topological polar surface area (TPSA) is 63.9 Å². The molecule has 3 aromatic rings. The van der Waals surface area contributed by atoms with Crippen LogP contribution in [-0.4, -0.2) is 33.8 Å². The summed E-state index contributed by atoms with van der Waals surface area (Å²) in [5, 5.41) is 0. The van der Waals surface area contributed by atoms with Gasteiger partial charge in [0.2, 0.25) is 0 Å². The van der Waals surface area contributed by atoms with Crippen LogP contribution in [0.5, 0.6) is 5.75 Å². The number of nitrogens with zero attached hydrogens (tertiary/aromatic N) is 3. The maximum atomic E-state index is 13.2. The van der Waals surface area contributed by atoms with Crippen molar-refractivity contribution in [3.63, 3.8) is 0 Å². The summed E-state index contributed by atoms with van der Waals surface area (Å²) >= 11 is 0. The first kappa shape index (κ1) is 17.3. The third kappa shape index (κ3) is 2.97. The molecule has 27 heavy (non-hydrogen) atoms. The number of carbonyl (C=O) groups is 1. The SMILES string of the molecule is COc1cccc(C2CCCN2C(=O)c2cnc3cccc(C)n3c2=O)c1. The van der Waals surface area contributed by atoms with Crippen LogP contribution in [0.25, 0.3) is 5.65 Å². The van der Waals surface area contributed by atoms with Gasteiger partial charge in [-0.3, -0.25) is 14.0 Å². The number of benzene rings is 1. The van der Waals surface area contributed by atoms with Gasteiger partial charge in [-0.05, 0) is 49.6 Å². The van der Waals surface area contributed by atoms with Gasteiger partial charge in [-0.25, -0.2) is 4.98 Å². The van der Waals surface area contributed by atoms with E-state index >= 15 is 0 Å². The molecule has 2 aromatic heterocycles. The highest BCUT2D eigenvalue weighted by molar-refractivity contribution is 5.94. The van der Waals surface area contributed by atoms with E-state index in [0.29, 0.717) is 12.2 Å². The summed E-state index contributed by atoms with van der Waals surface area (Å²) in [5.74, 6) is 0.491. The van der Waals surface area contributed by atoms with Crippen LogP contribution in [0.3, 0.4) is 0 Å². The van der Waals surface area contributed by atoms with Gasteiger partial charge in [0.25, 0.3) is 11.5 Å². The van der Waals surface area contributed by atoms with Crippen LogP contribution in [0.2, 0.25) is 0 Å². The molecule has 1 amide bonds. The van der Waals surface area contributed by atoms with Crippen molar-refractivity contribution in [2.75, 3.05) is 13.7 Å². The lowest BCUT2D eigenvalue weighted by Gasteiger charge is -2.25. The number of likely N-dealkylation sites (tertiary alicyclic amines) is 1. The second-order valence-electron chi connectivity index (χ2n) is 6.77. The van der Waals surface area contributed by atoms with Gasteiger partial charge >= 0.3 is 0 Å². The van der Waals surface area contributed by atoms with Gasteiger partial charge in [0, 0.05) is 18.4 Å². The van der Waals surface area contributed by atoms with Gasteiger partial charge in [0.05, 0.1) is 13.2 Å². The van der Waals surface area contributed by atoms with Crippen molar-refractivity contribution in [1.82, 2.24) is 14.3 Å². The van der Waals surface area contributed by atoms with Gasteiger partial charge in [0.1, 0.15) is 17.0 Å². The summed E-state index contributed by atoms with van der Waals surface area (Å²) in [6, 6.07) is 13.1. The third-order valence-corrected chi connectivity index (χ3v) is 5.15. The third-order valence-electron chi connectivity index (χ3n) is 5.15. The Morgan fingerprint density at radius 3 is 2.85 bits per heavy atom. The zero-order valence-electron chi connectivity index (χ0n) is 15.4. The largest absolute Gasteiger partial charge is 0.497 e. The highest BCUT2D eigenvalue weighted by atomic mass is 16.5. The number of hydrogen-bond acceptors (Lipinski definition) is 4. The number of aryl methyl sites for hydroxylation is 1. The molecule has 3 heterocycles. The van der Waals surface area contributed by atoms with E-state index in [2.05, 4.69) is 4.98 Å². The quantitative estimate of drug-likeness (QED) is 0.718. The molecule has 0 aliphatic carbocycles. The van der Waals surface area contributed by atoms with Crippen molar-refractivity contribution in [3.05, 3.63) is 75.8 Å². The Morgan fingerprint density at radius 1 is 1.22 bits per heavy atom. The first-order valence-electron chi connectivity index (χ1n) is 9.02. The van der Waals surface area contributed by atoms with Gasteiger partial charge in [-0.15, -0.1) is 0 Å². The van der Waals surface area contributed by atoms with Gasteiger partial charge in [0.15, 0.2) is 0 Å². The Bertz CT molecular complexity index is 1070. The van der Waals surface area contributed by atoms with Crippen LogP contribution in [0.4, 0.5) is 0 Å². The number of aromatic nitrogens is 2. The molecule has 0 spiro atoms. The Labute approximate surface area is 157 Å². The second-order valence-corrected chi connectivity index (χ2v) is 6.77. The summed E-state index contributed by atoms with van der Waals surface area (Å²) in [7, 11) is 1.63. The maximum Gasteiger partial charge on any atom is 0.270 e. The molecule has 0 N–H and O–H groups in total. The van der Waals surface area contributed by atoms with E-state index in [1.807, 2.05) is 43.3 Å². The Kier molecular flexibility index (Phi) is 4.39. The van der Waals surface area contributed by atoms with Crippen molar-refractivity contribution in [2.45, 2.75) is 25.8 Å². The molecule has 1 aromatic carbocycles. The van der Waals surface area contributed by atoms with Crippen LogP contribution >= 0.6 is 0 Å². The van der Waals surface area contributed by atoms with Crippen molar-refractivity contribution in [1.29, 1.82) is 0 Å². The molecule has 6 heteroatoms. The number of carbonyl (C=O) groups excluding carboxylic acids is 1. The average molecular weight is 363 g/mol. The molecule has 138 valence electrons. The van der Waals surface area contributed by atoms with E-state index in [-0.39, 0.29) is 23.1 Å². The van der Waals surface area contributed by atoms with Crippen molar-refractivity contribution in [2.24, 2.45) is 0 Å². The second kappa shape index (κ2) is 6.87. The molecular formula is C21H21N3O3. The molecule has 1 atom stereocenters. The van der Waals surface area contributed by atoms with Crippen LogP contribution in [-0.2, 0) is 0 Å². The molecule has 0 bridgehead atoms. The number of amides is 1. The number of methoxy groups -OCH3 is 1. The Morgan fingerprint density at radius 2 is 2.04 bits per heavy atom. The Balaban J connectivity index is 1.73. The zero-order chi connectivity index (χ0) is 19.0. The molecule has 1 saturated heterocycles. The predicted octanol–water partition coefficient (Wildman–Crippen LogP) is 2.99. The van der Waals surface area contributed by atoms with E-state index in [1.54, 1.807) is 18.1 Å². The summed E-state index contributed by atoms with van der Waals surface area (Å²) < 4.78 is 6.80. The number of hydrogen-bond donors (Lipinski definition) is 0. The normalized spacial score (nSPS) is 16.7. The highest BCUT2D eigenvalue weighted by Gasteiger charge is 2.32. The molecule has 0 radical (unpaired) electrons. The van der Waals surface area contributed by atoms with E-state index in [1.165, 1.54) is 10.6 Å². The first-order chi connectivity index (χ1) is 13.1. The summed E-state index contributed by atoms with van der Waals surface area (Å²) in [5.41, 5.74) is 2.11. The van der Waals surface area contributed by atoms with E-state index in [0.717, 1.165) is 29.8 Å². The molecule has 4 rings (SSSR count). The van der Waals surface area contributed by atoms with Crippen molar-refractivity contribution in [3.8, 4) is 5.75 Å². The number of pyridine rings is 1. The lowest BCUT2D eigenvalue weighted by Crippen LogP contribution is -2.36. The monoisotopic (exact) mass is 363 g/mol. The lowest BCUT2D eigenvalue weighted by atomic mass is 10.0. The van der Waals surface area contributed by atoms with Crippen LogP contribution in [0, 0.1) is 6.92 Å². The lowest BCUT2D eigenvalue weighted by molar-refractivity contribution is 0.0733. The summed E-state index contributed by atoms with van der Waals surface area (Å²) in [6.07, 6.45) is 3.16. The predicted molar refractivity (Wildman–Crippen MR) is 102 cm³/mol. The summed E-state index contributed by atoms with van der Waals surface area (Å²) in [6.45, 7) is 2.45. The number of rotatable bonds is 3. The zero-order valence-corrected chi connectivity index (χ0v) is 15.4. The molecule has 0 saturated carbocycles. The van der Waals surface area contributed by atoms with Crippen LogP contribution < -0.4 is 10.3 Å². The van der Waals surface area contributed by atoms with Crippen molar-refractivity contribution >= 4 is 11.6 Å². The van der Waals surface area contributed by atoms with Crippen molar-refractivity contribution < 1.29 is 9.53 Å². The molecule has 6 nitrogen and oxygen atoms in total. The minimum absolute atomic E-state index is 0.0652. The van der Waals surface area contributed by atoms with E-state index in [9.17, 15) is 9.59 Å². The minimum Gasteiger partial charge on any atom is -0.497 e. The molecular weight excluding hydrogens is 342 g/mol. The fraction of sp³-hybridized carbons (Fsp3) is 0.286. The number of fused-ring (bicyclic) bond motifs is 1. The Hall–Kier alpha value is -3.15. The smallest absolute Gasteiger partial charge is 0.270 e. The summed E-state index contributed by atoms with van der Waals surface area (Å²) in [4.78, 5) is 32.2. The fourth-order valence-electron chi connectivity index (χ4n) is 3.78.